The van der Waals surface area contributed by atoms with Crippen molar-refractivity contribution in [1.29, 1.82) is 0 Å². The molecular weight excluding hydrogens is 266 g/mol. The van der Waals surface area contributed by atoms with E-state index >= 15 is 0 Å². The van der Waals surface area contributed by atoms with Gasteiger partial charge in [0.25, 0.3) is 0 Å². The van der Waals surface area contributed by atoms with Gasteiger partial charge in [0.15, 0.2) is 0 Å². The highest BCUT2D eigenvalue weighted by Gasteiger charge is 2.30. The number of aryl methyl sites for hydroxylation is 1. The number of hydrogen-bond acceptors (Lipinski definition) is 4. The number of benzene rings is 1. The molecule has 3 atom stereocenters. The van der Waals surface area contributed by atoms with E-state index in [1.165, 1.54) is 0 Å². The number of aliphatic hydroxyl groups excluding tert-OH is 1. The summed E-state index contributed by atoms with van der Waals surface area (Å²) in [6.07, 6.45) is 0.462. The Bertz CT molecular complexity index is 518. The summed E-state index contributed by atoms with van der Waals surface area (Å²) in [5.41, 5.74) is 8.16. The van der Waals surface area contributed by atoms with Crippen LogP contribution in [-0.2, 0) is 4.79 Å². The maximum atomic E-state index is 12.4. The molecule has 3 unspecified atom stereocenters. The summed E-state index contributed by atoms with van der Waals surface area (Å²) in [6.45, 7) is 7.35. The number of nitrogens with zero attached hydrogens (tertiary/aromatic N) is 1. The Morgan fingerprint density at radius 3 is 2.90 bits per heavy atom. The second-order valence-electron chi connectivity index (χ2n) is 6.07. The molecule has 0 bridgehead atoms. The monoisotopic (exact) mass is 291 g/mol. The van der Waals surface area contributed by atoms with E-state index in [2.05, 4.69) is 10.2 Å². The lowest BCUT2D eigenvalue weighted by atomic mass is 9.95. The summed E-state index contributed by atoms with van der Waals surface area (Å²) in [5, 5.41) is 12.7. The van der Waals surface area contributed by atoms with Crippen molar-refractivity contribution < 1.29 is 9.90 Å². The lowest BCUT2D eigenvalue weighted by Crippen LogP contribution is -2.50. The number of carbonyl (C=O) groups is 1. The first-order chi connectivity index (χ1) is 9.88. The van der Waals surface area contributed by atoms with E-state index in [-0.39, 0.29) is 24.0 Å². The number of rotatable bonds is 3. The van der Waals surface area contributed by atoms with Gasteiger partial charge in [-0.25, -0.2) is 0 Å². The first-order valence-electron chi connectivity index (χ1n) is 7.47. The van der Waals surface area contributed by atoms with E-state index in [1.54, 1.807) is 6.07 Å². The number of nitrogens with one attached hydrogen (secondary N) is 1. The molecule has 4 N–H and O–H groups in total. The van der Waals surface area contributed by atoms with Crippen LogP contribution < -0.4 is 11.1 Å². The van der Waals surface area contributed by atoms with Crippen LogP contribution in [0.5, 0.6) is 0 Å². The van der Waals surface area contributed by atoms with Crippen LogP contribution in [0.15, 0.2) is 18.2 Å². The van der Waals surface area contributed by atoms with E-state index in [1.807, 2.05) is 32.9 Å². The zero-order chi connectivity index (χ0) is 15.6. The van der Waals surface area contributed by atoms with E-state index in [4.69, 9.17) is 5.73 Å². The Hall–Kier alpha value is -1.59. The molecule has 1 aromatic carbocycles. The number of piperidine rings is 1. The van der Waals surface area contributed by atoms with Crippen LogP contribution in [-0.4, -0.2) is 41.1 Å². The zero-order valence-electron chi connectivity index (χ0n) is 13.0. The lowest BCUT2D eigenvalue weighted by molar-refractivity contribution is -0.122. The highest BCUT2D eigenvalue weighted by molar-refractivity contribution is 5.95. The van der Waals surface area contributed by atoms with Crippen LogP contribution in [0.1, 0.15) is 25.8 Å². The Labute approximate surface area is 126 Å². The van der Waals surface area contributed by atoms with Gasteiger partial charge in [-0.2, -0.15) is 0 Å². The second kappa shape index (κ2) is 6.45. The molecule has 116 valence electrons. The van der Waals surface area contributed by atoms with Crippen molar-refractivity contribution in [2.75, 3.05) is 24.1 Å². The number of nitrogens with two attached hydrogens (primary N) is 1. The van der Waals surface area contributed by atoms with Crippen LogP contribution >= 0.6 is 0 Å². The summed E-state index contributed by atoms with van der Waals surface area (Å²) in [7, 11) is 0. The van der Waals surface area contributed by atoms with Gasteiger partial charge in [-0.15, -0.1) is 0 Å². The molecule has 0 aliphatic carbocycles. The largest absolute Gasteiger partial charge is 0.399 e. The molecule has 1 aliphatic rings. The van der Waals surface area contributed by atoms with Crippen molar-refractivity contribution in [3.8, 4) is 0 Å². The zero-order valence-corrected chi connectivity index (χ0v) is 13.0. The number of carbonyl (C=O) groups excluding carboxylic acids is 1. The maximum absolute atomic E-state index is 12.4. The van der Waals surface area contributed by atoms with Gasteiger partial charge in [-0.1, -0.05) is 13.0 Å². The minimum Gasteiger partial charge on any atom is -0.399 e. The Morgan fingerprint density at radius 1 is 1.52 bits per heavy atom. The SMILES string of the molecule is Cc1ccc(N)cc1NC(=O)C(C)N1CCC(O)C(C)C1. The maximum Gasteiger partial charge on any atom is 0.241 e. The van der Waals surface area contributed by atoms with Gasteiger partial charge in [0.05, 0.1) is 12.1 Å². The minimum absolute atomic E-state index is 0.0349. The average molecular weight is 291 g/mol. The summed E-state index contributed by atoms with van der Waals surface area (Å²) >= 11 is 0. The molecule has 1 heterocycles. The van der Waals surface area contributed by atoms with Crippen molar-refractivity contribution in [3.05, 3.63) is 23.8 Å². The molecule has 1 saturated heterocycles. The topological polar surface area (TPSA) is 78.6 Å². The molecule has 1 amide bonds. The highest BCUT2D eigenvalue weighted by Crippen LogP contribution is 2.21. The van der Waals surface area contributed by atoms with Gasteiger partial charge in [-0.05, 0) is 43.9 Å². The third-order valence-corrected chi connectivity index (χ3v) is 4.34. The van der Waals surface area contributed by atoms with E-state index in [9.17, 15) is 9.90 Å². The number of likely N-dealkylation sites (tertiary alicyclic amines) is 1. The fourth-order valence-corrected chi connectivity index (χ4v) is 2.69. The van der Waals surface area contributed by atoms with E-state index < -0.39 is 0 Å². The fraction of sp³-hybridized carbons (Fsp3) is 0.562. The van der Waals surface area contributed by atoms with Crippen molar-refractivity contribution in [3.63, 3.8) is 0 Å². The number of anilines is 2. The molecule has 1 fully saturated rings. The predicted molar refractivity (Wildman–Crippen MR) is 85.0 cm³/mol. The van der Waals surface area contributed by atoms with Crippen LogP contribution in [0.25, 0.3) is 0 Å². The molecule has 5 heteroatoms. The summed E-state index contributed by atoms with van der Waals surface area (Å²) < 4.78 is 0. The first-order valence-corrected chi connectivity index (χ1v) is 7.47. The van der Waals surface area contributed by atoms with Crippen LogP contribution in [0.4, 0.5) is 11.4 Å². The molecule has 1 aromatic rings. The quantitative estimate of drug-likeness (QED) is 0.739. The Morgan fingerprint density at radius 2 is 2.24 bits per heavy atom. The first kappa shape index (κ1) is 15.8. The Kier molecular flexibility index (Phi) is 4.85. The van der Waals surface area contributed by atoms with Gasteiger partial charge in [-0.3, -0.25) is 9.69 Å². The third-order valence-electron chi connectivity index (χ3n) is 4.34. The fourth-order valence-electron chi connectivity index (χ4n) is 2.69. The minimum atomic E-state index is -0.257. The second-order valence-corrected chi connectivity index (χ2v) is 6.07. The van der Waals surface area contributed by atoms with Crippen LogP contribution in [0.2, 0.25) is 0 Å². The van der Waals surface area contributed by atoms with Gasteiger partial charge in [0.1, 0.15) is 0 Å². The van der Waals surface area contributed by atoms with Crippen LogP contribution in [0, 0.1) is 12.8 Å². The molecule has 0 aromatic heterocycles. The summed E-state index contributed by atoms with van der Waals surface area (Å²) in [4.78, 5) is 14.5. The number of nitrogen functional groups attached to an aromatic ring is 1. The van der Waals surface area contributed by atoms with Gasteiger partial charge in [0.2, 0.25) is 5.91 Å². The normalized spacial score (nSPS) is 24.6. The smallest absolute Gasteiger partial charge is 0.241 e. The lowest BCUT2D eigenvalue weighted by Gasteiger charge is -2.37. The Balaban J connectivity index is 2.01. The number of amides is 1. The average Bonchev–Trinajstić information content (AvgIpc) is 2.45. The van der Waals surface area contributed by atoms with Gasteiger partial charge in [0, 0.05) is 24.5 Å². The molecule has 21 heavy (non-hydrogen) atoms. The standard InChI is InChI=1S/C16H25N3O2/c1-10-4-5-13(17)8-14(10)18-16(21)12(3)19-7-6-15(20)11(2)9-19/h4-5,8,11-12,15,20H,6-7,9,17H2,1-3H3,(H,18,21). The van der Waals surface area contributed by atoms with Crippen molar-refractivity contribution in [1.82, 2.24) is 4.90 Å². The van der Waals surface area contributed by atoms with Crippen molar-refractivity contribution in [2.24, 2.45) is 5.92 Å². The van der Waals surface area contributed by atoms with E-state index in [0.29, 0.717) is 5.69 Å². The molecule has 0 radical (unpaired) electrons. The molecular formula is C16H25N3O2. The van der Waals surface area contributed by atoms with Gasteiger partial charge >= 0.3 is 0 Å². The highest BCUT2D eigenvalue weighted by atomic mass is 16.3. The molecule has 2 rings (SSSR count). The van der Waals surface area contributed by atoms with Crippen LogP contribution in [0.3, 0.4) is 0 Å². The molecule has 5 nitrogen and oxygen atoms in total. The number of hydrogen-bond donors (Lipinski definition) is 3. The number of aliphatic hydroxyl groups is 1. The molecule has 1 aliphatic heterocycles. The van der Waals surface area contributed by atoms with Gasteiger partial charge < -0.3 is 16.2 Å². The van der Waals surface area contributed by atoms with Crippen molar-refractivity contribution in [2.45, 2.75) is 39.3 Å². The van der Waals surface area contributed by atoms with E-state index in [0.717, 1.165) is 30.8 Å². The van der Waals surface area contributed by atoms with Crippen molar-refractivity contribution >= 4 is 17.3 Å². The molecule has 0 spiro atoms. The third kappa shape index (κ3) is 3.74. The summed E-state index contributed by atoms with van der Waals surface area (Å²) in [6, 6.07) is 5.28. The molecule has 0 saturated carbocycles. The summed E-state index contributed by atoms with van der Waals surface area (Å²) in [5.74, 6) is 0.162. The predicted octanol–water partition coefficient (Wildman–Crippen LogP) is 1.61.